The van der Waals surface area contributed by atoms with Crippen molar-refractivity contribution < 1.29 is 14.6 Å². The highest BCUT2D eigenvalue weighted by Crippen LogP contribution is 2.53. The third-order valence-electron chi connectivity index (χ3n) is 7.84. The largest absolute Gasteiger partial charge is 0.457 e. The van der Waals surface area contributed by atoms with Crippen LogP contribution in [0.4, 0.5) is 0 Å². The maximum Gasteiger partial charge on any atom is 0.340 e. The first-order valence-corrected chi connectivity index (χ1v) is 11.9. The molecule has 4 heteroatoms. The lowest BCUT2D eigenvalue weighted by Gasteiger charge is -2.44. The zero-order valence-corrected chi connectivity index (χ0v) is 18.1. The Labute approximate surface area is 185 Å². The molecule has 2 N–H and O–H groups in total. The van der Waals surface area contributed by atoms with Crippen molar-refractivity contribution in [3.63, 3.8) is 0 Å². The van der Waals surface area contributed by atoms with Gasteiger partial charge in [0.1, 0.15) is 5.60 Å². The minimum absolute atomic E-state index is 0.381. The molecular formula is C27H33NO3. The van der Waals surface area contributed by atoms with Crippen LogP contribution in [0.1, 0.15) is 61.3 Å². The molecule has 31 heavy (non-hydrogen) atoms. The number of piperidine rings is 1. The third-order valence-corrected chi connectivity index (χ3v) is 7.84. The molecule has 5 rings (SSSR count). The van der Waals surface area contributed by atoms with Crippen molar-refractivity contribution in [1.82, 2.24) is 5.32 Å². The lowest BCUT2D eigenvalue weighted by atomic mass is 9.72. The summed E-state index contributed by atoms with van der Waals surface area (Å²) in [5.41, 5.74) is 2.54. The van der Waals surface area contributed by atoms with Gasteiger partial charge in [-0.25, -0.2) is 4.79 Å². The summed E-state index contributed by atoms with van der Waals surface area (Å²) < 4.78 is 6.28. The summed E-state index contributed by atoms with van der Waals surface area (Å²) in [5, 5.41) is 14.5. The van der Waals surface area contributed by atoms with Crippen molar-refractivity contribution in [3.05, 3.63) is 71.3 Å². The van der Waals surface area contributed by atoms with Crippen molar-refractivity contribution >= 4 is 5.97 Å². The predicted octanol–water partition coefficient (Wildman–Crippen LogP) is 4.41. The highest BCUT2D eigenvalue weighted by atomic mass is 16.6. The van der Waals surface area contributed by atoms with E-state index in [4.69, 9.17) is 4.74 Å². The topological polar surface area (TPSA) is 58.6 Å². The van der Waals surface area contributed by atoms with E-state index in [2.05, 4.69) is 17.4 Å². The van der Waals surface area contributed by atoms with E-state index < -0.39 is 12.1 Å². The fourth-order valence-electron chi connectivity index (χ4n) is 6.52. The molecule has 4 nitrogen and oxygen atoms in total. The molecule has 2 aromatic rings. The van der Waals surface area contributed by atoms with Crippen molar-refractivity contribution in [2.75, 3.05) is 13.1 Å². The second kappa shape index (κ2) is 8.76. The predicted molar refractivity (Wildman–Crippen MR) is 121 cm³/mol. The maximum atomic E-state index is 13.2. The van der Waals surface area contributed by atoms with Gasteiger partial charge in [0, 0.05) is 5.92 Å². The van der Waals surface area contributed by atoms with Crippen molar-refractivity contribution in [3.8, 4) is 0 Å². The van der Waals surface area contributed by atoms with Gasteiger partial charge in [0.15, 0.2) is 6.10 Å². The van der Waals surface area contributed by atoms with Gasteiger partial charge in [-0.1, -0.05) is 54.6 Å². The first-order chi connectivity index (χ1) is 15.1. The zero-order chi connectivity index (χ0) is 21.3. The summed E-state index contributed by atoms with van der Waals surface area (Å²) >= 11 is 0. The van der Waals surface area contributed by atoms with Crippen LogP contribution in [0, 0.1) is 17.8 Å². The van der Waals surface area contributed by atoms with Crippen molar-refractivity contribution in [2.24, 2.45) is 17.8 Å². The van der Waals surface area contributed by atoms with Gasteiger partial charge in [-0.05, 0) is 86.6 Å². The Balaban J connectivity index is 1.32. The molecule has 2 bridgehead atoms. The second-order valence-electron chi connectivity index (χ2n) is 9.78. The van der Waals surface area contributed by atoms with E-state index in [1.165, 1.54) is 18.4 Å². The second-order valence-corrected chi connectivity index (χ2v) is 9.78. The molecule has 0 radical (unpaired) electrons. The van der Waals surface area contributed by atoms with Crippen LogP contribution in [0.3, 0.4) is 0 Å². The van der Waals surface area contributed by atoms with Crippen LogP contribution in [0.25, 0.3) is 0 Å². The summed E-state index contributed by atoms with van der Waals surface area (Å²) in [5.74, 6) is 1.15. The van der Waals surface area contributed by atoms with E-state index in [1.54, 1.807) is 0 Å². The first-order valence-electron chi connectivity index (χ1n) is 11.9. The highest BCUT2D eigenvalue weighted by molar-refractivity contribution is 5.77. The normalized spacial score (nSPS) is 27.7. The van der Waals surface area contributed by atoms with Crippen LogP contribution in [-0.4, -0.2) is 29.8 Å². The minimum atomic E-state index is -1.23. The van der Waals surface area contributed by atoms with Crippen LogP contribution in [0.15, 0.2) is 54.6 Å². The number of hydrogen-bond acceptors (Lipinski definition) is 4. The van der Waals surface area contributed by atoms with E-state index in [1.807, 2.05) is 42.5 Å². The molecule has 1 aliphatic heterocycles. The van der Waals surface area contributed by atoms with Crippen LogP contribution in [0.5, 0.6) is 0 Å². The molecule has 3 atom stereocenters. The van der Waals surface area contributed by atoms with Gasteiger partial charge in [0.25, 0.3) is 0 Å². The van der Waals surface area contributed by atoms with Crippen molar-refractivity contribution in [2.45, 2.75) is 56.7 Å². The first kappa shape index (κ1) is 20.7. The Morgan fingerprint density at radius 2 is 1.68 bits per heavy atom. The Kier molecular flexibility index (Phi) is 5.85. The fraction of sp³-hybridized carbons (Fsp3) is 0.519. The van der Waals surface area contributed by atoms with Gasteiger partial charge in [-0.3, -0.25) is 0 Å². The van der Waals surface area contributed by atoms with Gasteiger partial charge >= 0.3 is 5.97 Å². The number of nitrogens with one attached hydrogen (secondary N) is 1. The van der Waals surface area contributed by atoms with Crippen LogP contribution < -0.4 is 5.32 Å². The standard InChI is InChI=1S/C27H33NO3/c29-25(21-10-6-9-20(16-21)15-19-7-2-1-3-8-19)26(30)31-27(13-4-5-14-27)24-22-11-12-23(24)18-28-17-22/h1-3,6-10,16,22-25,28-29H,4-5,11-15,17-18H2. The number of carbonyl (C=O) groups excluding carboxylic acids is 1. The van der Waals surface area contributed by atoms with Gasteiger partial charge in [0.2, 0.25) is 0 Å². The number of aliphatic hydroxyl groups is 1. The van der Waals surface area contributed by atoms with Gasteiger partial charge in [-0.2, -0.15) is 0 Å². The summed E-state index contributed by atoms with van der Waals surface area (Å²) in [4.78, 5) is 13.2. The fourth-order valence-corrected chi connectivity index (χ4v) is 6.52. The lowest BCUT2D eigenvalue weighted by Crippen LogP contribution is -2.52. The summed E-state index contributed by atoms with van der Waals surface area (Å²) in [6, 6.07) is 18.0. The molecule has 2 saturated carbocycles. The van der Waals surface area contributed by atoms with Gasteiger partial charge in [-0.15, -0.1) is 0 Å². The smallest absolute Gasteiger partial charge is 0.340 e. The highest BCUT2D eigenvalue weighted by Gasteiger charge is 2.55. The summed E-state index contributed by atoms with van der Waals surface area (Å²) in [6.45, 7) is 2.06. The average Bonchev–Trinajstić information content (AvgIpc) is 3.36. The monoisotopic (exact) mass is 419 g/mol. The molecule has 0 aromatic heterocycles. The third kappa shape index (κ3) is 4.16. The number of benzene rings is 2. The quantitative estimate of drug-likeness (QED) is 0.681. The van der Waals surface area contributed by atoms with E-state index >= 15 is 0 Å². The van der Waals surface area contributed by atoms with E-state index in [0.29, 0.717) is 23.3 Å². The zero-order valence-electron chi connectivity index (χ0n) is 18.1. The molecule has 3 unspecified atom stereocenters. The maximum absolute atomic E-state index is 13.2. The van der Waals surface area contributed by atoms with Gasteiger partial charge in [0.05, 0.1) is 0 Å². The Hall–Kier alpha value is -2.17. The molecule has 1 heterocycles. The molecule has 3 fully saturated rings. The van der Waals surface area contributed by atoms with E-state index in [9.17, 15) is 9.90 Å². The average molecular weight is 420 g/mol. The number of esters is 1. The Bertz CT molecular complexity index is 890. The minimum Gasteiger partial charge on any atom is -0.457 e. The van der Waals surface area contributed by atoms with Crippen LogP contribution >= 0.6 is 0 Å². The van der Waals surface area contributed by atoms with Crippen LogP contribution in [0.2, 0.25) is 0 Å². The SMILES string of the molecule is O=C(OC1(C2C3CCC2CNC3)CCCC1)C(O)c1cccc(Cc2ccccc2)c1. The Morgan fingerprint density at radius 3 is 2.39 bits per heavy atom. The molecule has 2 aliphatic carbocycles. The van der Waals surface area contributed by atoms with E-state index in [-0.39, 0.29) is 5.60 Å². The molecule has 164 valence electrons. The number of rotatable bonds is 6. The summed E-state index contributed by atoms with van der Waals surface area (Å²) in [6.07, 6.45) is 6.11. The number of ether oxygens (including phenoxy) is 1. The molecule has 0 amide bonds. The summed E-state index contributed by atoms with van der Waals surface area (Å²) in [7, 11) is 0. The molecule has 2 aromatic carbocycles. The Morgan fingerprint density at radius 1 is 1.00 bits per heavy atom. The van der Waals surface area contributed by atoms with Crippen molar-refractivity contribution in [1.29, 1.82) is 0 Å². The lowest BCUT2D eigenvalue weighted by molar-refractivity contribution is -0.181. The van der Waals surface area contributed by atoms with Gasteiger partial charge < -0.3 is 15.2 Å². The molecule has 3 aliphatic rings. The molecule has 0 spiro atoms. The number of carbonyl (C=O) groups is 1. The number of aliphatic hydroxyl groups excluding tert-OH is 1. The molecule has 1 saturated heterocycles. The number of hydrogen-bond donors (Lipinski definition) is 2. The van der Waals surface area contributed by atoms with E-state index in [0.717, 1.165) is 50.8 Å². The molecular weight excluding hydrogens is 386 g/mol. The number of fused-ring (bicyclic) bond motifs is 2. The van der Waals surface area contributed by atoms with Crippen LogP contribution in [-0.2, 0) is 16.0 Å².